The number of nitrogens with zero attached hydrogens (tertiary/aromatic N) is 4. The number of aryl methyl sites for hydroxylation is 1. The number of pyridine rings is 1. The summed E-state index contributed by atoms with van der Waals surface area (Å²) in [6.07, 6.45) is 3.54. The van der Waals surface area contributed by atoms with Crippen LogP contribution in [-0.4, -0.2) is 72.7 Å². The minimum atomic E-state index is -3.62. The second kappa shape index (κ2) is 9.91. The van der Waals surface area contributed by atoms with Gasteiger partial charge in [-0.3, -0.25) is 14.7 Å². The molecule has 0 atom stereocenters. The average molecular weight is 471 g/mol. The van der Waals surface area contributed by atoms with Gasteiger partial charge in [0.25, 0.3) is 5.91 Å². The average Bonchev–Trinajstić information content (AvgIpc) is 2.81. The Hall–Kier alpha value is -2.29. The van der Waals surface area contributed by atoms with E-state index in [9.17, 15) is 13.2 Å². The van der Waals surface area contributed by atoms with Crippen LogP contribution in [0.2, 0.25) is 0 Å². The van der Waals surface area contributed by atoms with E-state index in [1.807, 2.05) is 43.0 Å². The van der Waals surface area contributed by atoms with Crippen LogP contribution in [0.5, 0.6) is 0 Å². The maximum Gasteiger partial charge on any atom is 0.253 e. The fourth-order valence-corrected chi connectivity index (χ4v) is 6.39. The minimum Gasteiger partial charge on any atom is -0.336 e. The number of carbonyl (C=O) groups is 1. The van der Waals surface area contributed by atoms with Gasteiger partial charge in [-0.05, 0) is 68.0 Å². The predicted molar refractivity (Wildman–Crippen MR) is 128 cm³/mol. The standard InChI is InChI=1S/C25H34N4O3S/c1-19-7-10-29(11-8-19)33(31,32)24-17-22(16-20(2)21(24)3)25(30)28-14-12-27(13-15-28)18-23-6-4-5-9-26-23/h4-6,9,16-17,19H,7-8,10-15,18H2,1-3H3. The van der Waals surface area contributed by atoms with E-state index in [2.05, 4.69) is 16.8 Å². The lowest BCUT2D eigenvalue weighted by atomic mass is 10.0. The van der Waals surface area contributed by atoms with Crippen molar-refractivity contribution in [1.82, 2.24) is 19.1 Å². The zero-order valence-corrected chi connectivity index (χ0v) is 20.6. The lowest BCUT2D eigenvalue weighted by Gasteiger charge is -2.35. The van der Waals surface area contributed by atoms with Crippen LogP contribution < -0.4 is 0 Å². The topological polar surface area (TPSA) is 73.8 Å². The Morgan fingerprint density at radius 1 is 1.03 bits per heavy atom. The van der Waals surface area contributed by atoms with Crippen molar-refractivity contribution in [3.8, 4) is 0 Å². The fraction of sp³-hybridized carbons (Fsp3) is 0.520. The fourth-order valence-electron chi connectivity index (χ4n) is 4.60. The summed E-state index contributed by atoms with van der Waals surface area (Å²) in [5.74, 6) is 0.447. The second-order valence-electron chi connectivity index (χ2n) is 9.39. The number of piperazine rings is 1. The number of amides is 1. The van der Waals surface area contributed by atoms with Gasteiger partial charge in [0, 0.05) is 57.6 Å². The summed E-state index contributed by atoms with van der Waals surface area (Å²) in [4.78, 5) is 22.1. The molecule has 2 saturated heterocycles. The number of hydrogen-bond donors (Lipinski definition) is 0. The zero-order chi connectivity index (χ0) is 23.6. The molecular formula is C25H34N4O3S. The molecule has 4 rings (SSSR count). The monoisotopic (exact) mass is 470 g/mol. The molecule has 2 aliphatic heterocycles. The number of carbonyl (C=O) groups excluding carboxylic acids is 1. The second-order valence-corrected chi connectivity index (χ2v) is 11.3. The first kappa shape index (κ1) is 23.9. The number of sulfonamides is 1. The van der Waals surface area contributed by atoms with Crippen LogP contribution in [0.4, 0.5) is 0 Å². The molecule has 178 valence electrons. The summed E-state index contributed by atoms with van der Waals surface area (Å²) in [5.41, 5.74) is 3.04. The minimum absolute atomic E-state index is 0.0979. The summed E-state index contributed by atoms with van der Waals surface area (Å²) in [5, 5.41) is 0. The number of benzene rings is 1. The highest BCUT2D eigenvalue weighted by Gasteiger charge is 2.31. The van der Waals surface area contributed by atoms with E-state index in [4.69, 9.17) is 0 Å². The Labute approximate surface area is 197 Å². The molecular weight excluding hydrogens is 436 g/mol. The highest BCUT2D eigenvalue weighted by molar-refractivity contribution is 7.89. The third kappa shape index (κ3) is 5.28. The zero-order valence-electron chi connectivity index (χ0n) is 19.8. The van der Waals surface area contributed by atoms with Crippen LogP contribution in [0.25, 0.3) is 0 Å². The van der Waals surface area contributed by atoms with Crippen LogP contribution >= 0.6 is 0 Å². The van der Waals surface area contributed by atoms with Crippen LogP contribution in [-0.2, 0) is 16.6 Å². The SMILES string of the molecule is Cc1cc(C(=O)N2CCN(Cc3ccccn3)CC2)cc(S(=O)(=O)N2CCC(C)CC2)c1C. The van der Waals surface area contributed by atoms with Crippen molar-refractivity contribution in [3.05, 3.63) is 58.9 Å². The smallest absolute Gasteiger partial charge is 0.253 e. The van der Waals surface area contributed by atoms with Crippen LogP contribution in [0, 0.1) is 19.8 Å². The van der Waals surface area contributed by atoms with Crippen LogP contribution in [0.3, 0.4) is 0 Å². The molecule has 0 spiro atoms. The van der Waals surface area contributed by atoms with Gasteiger partial charge < -0.3 is 4.90 Å². The van der Waals surface area contributed by atoms with Gasteiger partial charge in [0.1, 0.15) is 0 Å². The quantitative estimate of drug-likeness (QED) is 0.672. The van der Waals surface area contributed by atoms with Crippen molar-refractivity contribution in [3.63, 3.8) is 0 Å². The molecule has 1 amide bonds. The van der Waals surface area contributed by atoms with E-state index in [-0.39, 0.29) is 10.8 Å². The molecule has 0 saturated carbocycles. The van der Waals surface area contributed by atoms with Crippen molar-refractivity contribution in [2.75, 3.05) is 39.3 Å². The Morgan fingerprint density at radius 3 is 2.36 bits per heavy atom. The summed E-state index contributed by atoms with van der Waals surface area (Å²) in [7, 11) is -3.62. The van der Waals surface area contributed by atoms with E-state index >= 15 is 0 Å². The van der Waals surface area contributed by atoms with E-state index in [0.29, 0.717) is 37.7 Å². The first-order valence-electron chi connectivity index (χ1n) is 11.8. The number of rotatable bonds is 5. The molecule has 1 aromatic heterocycles. The first-order valence-corrected chi connectivity index (χ1v) is 13.2. The molecule has 3 heterocycles. The molecule has 0 bridgehead atoms. The Balaban J connectivity index is 1.48. The van der Waals surface area contributed by atoms with Crippen molar-refractivity contribution in [1.29, 1.82) is 0 Å². The van der Waals surface area contributed by atoms with Gasteiger partial charge in [0.05, 0.1) is 10.6 Å². The van der Waals surface area contributed by atoms with E-state index < -0.39 is 10.0 Å². The predicted octanol–water partition coefficient (Wildman–Crippen LogP) is 3.08. The summed E-state index contributed by atoms with van der Waals surface area (Å²) in [6, 6.07) is 9.33. The molecule has 0 radical (unpaired) electrons. The van der Waals surface area contributed by atoms with E-state index in [1.165, 1.54) is 0 Å². The van der Waals surface area contributed by atoms with Crippen molar-refractivity contribution in [2.45, 2.75) is 45.1 Å². The normalized spacial score (nSPS) is 19.1. The highest BCUT2D eigenvalue weighted by atomic mass is 32.2. The molecule has 7 nitrogen and oxygen atoms in total. The van der Waals surface area contributed by atoms with Crippen molar-refractivity contribution in [2.24, 2.45) is 5.92 Å². The largest absolute Gasteiger partial charge is 0.336 e. The van der Waals surface area contributed by atoms with Gasteiger partial charge in [0.15, 0.2) is 0 Å². The lowest BCUT2D eigenvalue weighted by molar-refractivity contribution is 0.0626. The molecule has 0 aliphatic carbocycles. The first-order chi connectivity index (χ1) is 15.8. The Kier molecular flexibility index (Phi) is 7.16. The molecule has 2 aromatic rings. The van der Waals surface area contributed by atoms with E-state index in [1.54, 1.807) is 16.6 Å². The van der Waals surface area contributed by atoms with Gasteiger partial charge in [-0.2, -0.15) is 4.31 Å². The highest BCUT2D eigenvalue weighted by Crippen LogP contribution is 2.28. The Morgan fingerprint density at radius 2 is 1.73 bits per heavy atom. The molecule has 1 aromatic carbocycles. The summed E-state index contributed by atoms with van der Waals surface area (Å²) >= 11 is 0. The Bertz CT molecular complexity index is 1090. The number of piperidine rings is 1. The molecule has 0 N–H and O–H groups in total. The van der Waals surface area contributed by atoms with Crippen LogP contribution in [0.15, 0.2) is 41.4 Å². The maximum atomic E-state index is 13.4. The summed E-state index contributed by atoms with van der Waals surface area (Å²) < 4.78 is 28.4. The van der Waals surface area contributed by atoms with Gasteiger partial charge in [-0.25, -0.2) is 8.42 Å². The van der Waals surface area contributed by atoms with Gasteiger partial charge in [0.2, 0.25) is 10.0 Å². The molecule has 33 heavy (non-hydrogen) atoms. The number of aromatic nitrogens is 1. The van der Waals surface area contributed by atoms with Crippen molar-refractivity contribution < 1.29 is 13.2 Å². The van der Waals surface area contributed by atoms with Crippen LogP contribution in [0.1, 0.15) is 46.9 Å². The third-order valence-corrected chi connectivity index (χ3v) is 9.02. The molecule has 2 aliphatic rings. The van der Waals surface area contributed by atoms with Gasteiger partial charge in [-0.1, -0.05) is 13.0 Å². The van der Waals surface area contributed by atoms with E-state index in [0.717, 1.165) is 49.3 Å². The maximum absolute atomic E-state index is 13.4. The van der Waals surface area contributed by atoms with Crippen molar-refractivity contribution >= 4 is 15.9 Å². The lowest BCUT2D eigenvalue weighted by Crippen LogP contribution is -2.48. The van der Waals surface area contributed by atoms with Gasteiger partial charge in [-0.15, -0.1) is 0 Å². The molecule has 8 heteroatoms. The third-order valence-electron chi connectivity index (χ3n) is 7.00. The molecule has 0 unspecified atom stereocenters. The van der Waals surface area contributed by atoms with Gasteiger partial charge >= 0.3 is 0 Å². The molecule has 2 fully saturated rings. The number of hydrogen-bond acceptors (Lipinski definition) is 5. The summed E-state index contributed by atoms with van der Waals surface area (Å²) in [6.45, 7) is 10.5.